The second-order valence-electron chi connectivity index (χ2n) is 3.62. The lowest BCUT2D eigenvalue weighted by Gasteiger charge is -2.27. The van der Waals surface area contributed by atoms with E-state index in [1.165, 1.54) is 0 Å². The summed E-state index contributed by atoms with van der Waals surface area (Å²) in [5.41, 5.74) is 0. The molecule has 0 N–H and O–H groups in total. The van der Waals surface area contributed by atoms with Crippen molar-refractivity contribution in [1.82, 2.24) is 4.31 Å². The molecule has 0 saturated carbocycles. The van der Waals surface area contributed by atoms with Gasteiger partial charge in [-0.05, 0) is 6.42 Å². The van der Waals surface area contributed by atoms with Crippen LogP contribution in [0.3, 0.4) is 0 Å². The monoisotopic (exact) mass is 266 g/mol. The molecule has 1 heterocycles. The maximum atomic E-state index is 11.9. The van der Waals surface area contributed by atoms with E-state index in [4.69, 9.17) is 5.26 Å². The molecular weight excluding hydrogens is 252 g/mol. The molecule has 92 valence electrons. The van der Waals surface area contributed by atoms with Crippen molar-refractivity contribution in [1.29, 1.82) is 5.26 Å². The Bertz CT molecular complexity index is 475. The Morgan fingerprint density at radius 1 is 1.38 bits per heavy atom. The molecule has 0 spiro atoms. The average Bonchev–Trinajstić information content (AvgIpc) is 2.18. The number of sulfone groups is 1. The largest absolute Gasteiger partial charge is 0.230 e. The van der Waals surface area contributed by atoms with Crippen molar-refractivity contribution >= 4 is 19.9 Å². The van der Waals surface area contributed by atoms with E-state index in [1.807, 2.05) is 0 Å². The van der Waals surface area contributed by atoms with Crippen LogP contribution in [0.4, 0.5) is 0 Å². The molecule has 1 fully saturated rings. The van der Waals surface area contributed by atoms with Crippen molar-refractivity contribution < 1.29 is 16.8 Å². The zero-order chi connectivity index (χ0) is 12.4. The van der Waals surface area contributed by atoms with Crippen LogP contribution in [0.25, 0.3) is 0 Å². The Morgan fingerprint density at radius 2 is 1.88 bits per heavy atom. The van der Waals surface area contributed by atoms with Crippen LogP contribution in [0.5, 0.6) is 0 Å². The van der Waals surface area contributed by atoms with Gasteiger partial charge < -0.3 is 0 Å². The summed E-state index contributed by atoms with van der Waals surface area (Å²) in [6.07, 6.45) is 0.210. The van der Waals surface area contributed by atoms with Gasteiger partial charge >= 0.3 is 0 Å². The molecule has 1 unspecified atom stereocenters. The number of nitriles is 1. The maximum absolute atomic E-state index is 11.9. The summed E-state index contributed by atoms with van der Waals surface area (Å²) >= 11 is 0. The van der Waals surface area contributed by atoms with Crippen molar-refractivity contribution in [2.45, 2.75) is 18.6 Å². The predicted octanol–water partition coefficient (Wildman–Crippen LogP) is -0.651. The maximum Gasteiger partial charge on any atom is 0.230 e. The summed E-state index contributed by atoms with van der Waals surface area (Å²) < 4.78 is 47.1. The normalized spacial score (nSPS) is 23.5. The highest BCUT2D eigenvalue weighted by molar-refractivity contribution is 7.92. The van der Waals surface area contributed by atoms with Gasteiger partial charge in [0.05, 0.1) is 17.6 Å². The molecule has 6 nitrogen and oxygen atoms in total. The molecule has 8 heteroatoms. The second-order valence-corrected chi connectivity index (χ2v) is 8.04. The molecule has 1 aliphatic heterocycles. The minimum atomic E-state index is -3.67. The Labute approximate surface area is 95.8 Å². The van der Waals surface area contributed by atoms with Crippen LogP contribution in [-0.2, 0) is 19.9 Å². The summed E-state index contributed by atoms with van der Waals surface area (Å²) in [7, 11) is -6.77. The van der Waals surface area contributed by atoms with Gasteiger partial charge in [0.2, 0.25) is 10.0 Å². The average molecular weight is 266 g/mol. The number of hydrogen-bond acceptors (Lipinski definition) is 5. The minimum Gasteiger partial charge on any atom is -0.229 e. The minimum absolute atomic E-state index is 0.0388. The van der Waals surface area contributed by atoms with Crippen molar-refractivity contribution in [3.05, 3.63) is 0 Å². The molecule has 1 aliphatic rings. The van der Waals surface area contributed by atoms with Gasteiger partial charge in [-0.2, -0.15) is 9.57 Å². The summed E-state index contributed by atoms with van der Waals surface area (Å²) in [6.45, 7) is 1.54. The summed E-state index contributed by atoms with van der Waals surface area (Å²) in [5.74, 6) is -0.317. The predicted molar refractivity (Wildman–Crippen MR) is 58.8 cm³/mol. The fourth-order valence-corrected chi connectivity index (χ4v) is 4.54. The van der Waals surface area contributed by atoms with Crippen molar-refractivity contribution in [3.8, 4) is 6.07 Å². The van der Waals surface area contributed by atoms with Gasteiger partial charge in [-0.15, -0.1) is 0 Å². The van der Waals surface area contributed by atoms with E-state index in [2.05, 4.69) is 0 Å². The van der Waals surface area contributed by atoms with Crippen molar-refractivity contribution in [3.63, 3.8) is 0 Å². The quantitative estimate of drug-likeness (QED) is 0.676. The molecule has 0 radical (unpaired) electrons. The topological polar surface area (TPSA) is 95.3 Å². The summed E-state index contributed by atoms with van der Waals surface area (Å²) in [5, 5.41) is 7.65. The molecule has 0 aliphatic carbocycles. The first kappa shape index (κ1) is 13.4. The Hall–Kier alpha value is -0.650. The molecule has 0 aromatic rings. The van der Waals surface area contributed by atoms with Gasteiger partial charge in [-0.1, -0.05) is 6.92 Å². The van der Waals surface area contributed by atoms with E-state index in [9.17, 15) is 16.8 Å². The Morgan fingerprint density at radius 3 is 2.25 bits per heavy atom. The molecule has 0 bridgehead atoms. The third-order valence-electron chi connectivity index (χ3n) is 2.54. The highest BCUT2D eigenvalue weighted by Gasteiger charge is 2.34. The van der Waals surface area contributed by atoms with Gasteiger partial charge in [-0.3, -0.25) is 0 Å². The molecule has 1 rings (SSSR count). The number of nitrogens with zero attached hydrogens (tertiary/aromatic N) is 2. The highest BCUT2D eigenvalue weighted by atomic mass is 32.2. The van der Waals surface area contributed by atoms with E-state index in [-0.39, 0.29) is 31.0 Å². The third-order valence-corrected chi connectivity index (χ3v) is 6.39. The van der Waals surface area contributed by atoms with Crippen LogP contribution in [0.1, 0.15) is 13.3 Å². The first-order valence-corrected chi connectivity index (χ1v) is 8.25. The molecule has 16 heavy (non-hydrogen) atoms. The second kappa shape index (κ2) is 4.69. The van der Waals surface area contributed by atoms with E-state index in [0.717, 1.165) is 4.31 Å². The molecule has 1 saturated heterocycles. The smallest absolute Gasteiger partial charge is 0.229 e. The van der Waals surface area contributed by atoms with E-state index in [1.54, 1.807) is 13.0 Å². The number of rotatable bonds is 3. The van der Waals surface area contributed by atoms with Crippen molar-refractivity contribution in [2.75, 3.05) is 24.6 Å². The molecule has 1 atom stereocenters. The fourth-order valence-electron chi connectivity index (χ4n) is 1.50. The zero-order valence-electron chi connectivity index (χ0n) is 8.96. The molecule has 0 aromatic heterocycles. The lowest BCUT2D eigenvalue weighted by molar-refractivity contribution is 0.426. The molecule has 0 aromatic carbocycles. The number of sulfonamides is 1. The van der Waals surface area contributed by atoms with Crippen molar-refractivity contribution in [2.24, 2.45) is 0 Å². The SMILES string of the molecule is CCC(C#N)S(=O)(=O)N1CCS(=O)(=O)CC1. The van der Waals surface area contributed by atoms with Gasteiger partial charge in [0.15, 0.2) is 15.1 Å². The lowest BCUT2D eigenvalue weighted by atomic mass is 10.4. The first-order valence-electron chi connectivity index (χ1n) is 4.92. The van der Waals surface area contributed by atoms with Gasteiger partial charge in [-0.25, -0.2) is 16.8 Å². The van der Waals surface area contributed by atoms with E-state index < -0.39 is 25.1 Å². The highest BCUT2D eigenvalue weighted by Crippen LogP contribution is 2.15. The van der Waals surface area contributed by atoms with Gasteiger partial charge in [0, 0.05) is 13.1 Å². The third kappa shape index (κ3) is 2.72. The van der Waals surface area contributed by atoms with Gasteiger partial charge in [0.25, 0.3) is 0 Å². The van der Waals surface area contributed by atoms with E-state index >= 15 is 0 Å². The summed E-state index contributed by atoms with van der Waals surface area (Å²) in [4.78, 5) is 0. The van der Waals surface area contributed by atoms with Crippen LogP contribution in [0.2, 0.25) is 0 Å². The Balaban J connectivity index is 2.85. The summed E-state index contributed by atoms with van der Waals surface area (Å²) in [6, 6.07) is 1.73. The first-order chi connectivity index (χ1) is 7.33. The molecular formula is C8H14N2O4S2. The fraction of sp³-hybridized carbons (Fsp3) is 0.875. The van der Waals surface area contributed by atoms with Gasteiger partial charge in [0.1, 0.15) is 0 Å². The van der Waals surface area contributed by atoms with Crippen LogP contribution in [0, 0.1) is 11.3 Å². The lowest BCUT2D eigenvalue weighted by Crippen LogP contribution is -2.46. The Kier molecular flexibility index (Phi) is 3.93. The zero-order valence-corrected chi connectivity index (χ0v) is 10.6. The van der Waals surface area contributed by atoms with Crippen LogP contribution < -0.4 is 0 Å². The van der Waals surface area contributed by atoms with Crippen LogP contribution >= 0.6 is 0 Å². The van der Waals surface area contributed by atoms with E-state index in [0.29, 0.717) is 0 Å². The van der Waals surface area contributed by atoms with Crippen LogP contribution in [0.15, 0.2) is 0 Å². The van der Waals surface area contributed by atoms with Crippen LogP contribution in [-0.4, -0.2) is 51.0 Å². The standard InChI is InChI=1S/C8H14N2O4S2/c1-2-8(7-9)16(13,14)10-3-5-15(11,12)6-4-10/h8H,2-6H2,1H3. The molecule has 0 amide bonds. The number of hydrogen-bond donors (Lipinski definition) is 0.